The van der Waals surface area contributed by atoms with Gasteiger partial charge in [-0.2, -0.15) is 13.2 Å². The number of nitrogens with zero attached hydrogens (tertiary/aromatic N) is 3. The van der Waals surface area contributed by atoms with Crippen molar-refractivity contribution in [2.45, 2.75) is 19.1 Å². The number of ether oxygens (including phenoxy) is 1. The van der Waals surface area contributed by atoms with Gasteiger partial charge in [-0.15, -0.1) is 5.10 Å². The van der Waals surface area contributed by atoms with Gasteiger partial charge in [0, 0.05) is 13.5 Å². The van der Waals surface area contributed by atoms with Crippen molar-refractivity contribution in [3.8, 4) is 0 Å². The second kappa shape index (κ2) is 5.06. The molecule has 0 aromatic carbocycles. The van der Waals surface area contributed by atoms with Gasteiger partial charge in [-0.3, -0.25) is 4.79 Å². The molecule has 0 aliphatic heterocycles. The van der Waals surface area contributed by atoms with Gasteiger partial charge in [0.25, 0.3) is 0 Å². The molecule has 1 heterocycles. The maximum absolute atomic E-state index is 12.1. The number of hydrogen-bond donors (Lipinski definition) is 0. The Bertz CT molecular complexity index is 362. The van der Waals surface area contributed by atoms with Crippen LogP contribution in [0, 0.1) is 0 Å². The molecule has 8 heteroatoms. The highest BCUT2D eigenvalue weighted by molar-refractivity contribution is 5.73. The average molecular weight is 237 g/mol. The molecule has 1 aromatic rings. The van der Waals surface area contributed by atoms with Crippen LogP contribution >= 0.6 is 0 Å². The standard InChI is InChI=1S/C8H10F3N3O2/c1-16-3-2-7-6(4-15)12-13-14(7)5-8(9,10)11/h4H,2-3,5H2,1H3. The molecule has 90 valence electrons. The van der Waals surface area contributed by atoms with Crippen LogP contribution in [-0.4, -0.2) is 41.2 Å². The van der Waals surface area contributed by atoms with Crippen LogP contribution in [0.15, 0.2) is 0 Å². The predicted molar refractivity (Wildman–Crippen MR) is 47.0 cm³/mol. The van der Waals surface area contributed by atoms with E-state index in [-0.39, 0.29) is 24.4 Å². The number of alkyl halides is 3. The first-order valence-electron chi connectivity index (χ1n) is 4.41. The van der Waals surface area contributed by atoms with Crippen LogP contribution < -0.4 is 0 Å². The van der Waals surface area contributed by atoms with Gasteiger partial charge in [0.2, 0.25) is 0 Å². The Hall–Kier alpha value is -1.44. The number of aldehydes is 1. The summed E-state index contributed by atoms with van der Waals surface area (Å²) in [7, 11) is 1.42. The van der Waals surface area contributed by atoms with E-state index in [2.05, 4.69) is 10.3 Å². The molecule has 0 saturated heterocycles. The van der Waals surface area contributed by atoms with E-state index in [0.717, 1.165) is 0 Å². The number of methoxy groups -OCH3 is 1. The van der Waals surface area contributed by atoms with Crippen molar-refractivity contribution in [1.29, 1.82) is 0 Å². The van der Waals surface area contributed by atoms with E-state index < -0.39 is 12.7 Å². The summed E-state index contributed by atoms with van der Waals surface area (Å²) < 4.78 is 41.8. The fourth-order valence-electron chi connectivity index (χ4n) is 1.19. The molecule has 0 spiro atoms. The molecule has 0 aliphatic carbocycles. The maximum atomic E-state index is 12.1. The Balaban J connectivity index is 2.90. The topological polar surface area (TPSA) is 57.0 Å². The smallest absolute Gasteiger partial charge is 0.384 e. The molecule has 0 bridgehead atoms. The third kappa shape index (κ3) is 3.30. The molecule has 0 saturated carbocycles. The zero-order valence-corrected chi connectivity index (χ0v) is 8.49. The molecule has 0 amide bonds. The van der Waals surface area contributed by atoms with Crippen LogP contribution in [0.25, 0.3) is 0 Å². The van der Waals surface area contributed by atoms with Crippen molar-refractivity contribution < 1.29 is 22.7 Å². The van der Waals surface area contributed by atoms with Gasteiger partial charge in [0.05, 0.1) is 12.3 Å². The molecule has 0 aliphatic rings. The summed E-state index contributed by atoms with van der Waals surface area (Å²) >= 11 is 0. The predicted octanol–water partition coefficient (Wildman–Crippen LogP) is 0.842. The van der Waals surface area contributed by atoms with Gasteiger partial charge in [0.15, 0.2) is 6.29 Å². The summed E-state index contributed by atoms with van der Waals surface area (Å²) in [5, 5.41) is 6.65. The van der Waals surface area contributed by atoms with E-state index in [4.69, 9.17) is 4.74 Å². The summed E-state index contributed by atoms with van der Waals surface area (Å²) in [5.41, 5.74) is 0.0514. The maximum Gasteiger partial charge on any atom is 0.408 e. The molecule has 0 atom stereocenters. The molecule has 0 radical (unpaired) electrons. The minimum atomic E-state index is -4.39. The van der Waals surface area contributed by atoms with Crippen LogP contribution in [0.3, 0.4) is 0 Å². The van der Waals surface area contributed by atoms with Gasteiger partial charge in [-0.05, 0) is 0 Å². The number of carbonyl (C=O) groups excluding carboxylic acids is 1. The first-order chi connectivity index (χ1) is 7.48. The van der Waals surface area contributed by atoms with E-state index in [0.29, 0.717) is 11.0 Å². The van der Waals surface area contributed by atoms with Crippen molar-refractivity contribution >= 4 is 6.29 Å². The van der Waals surface area contributed by atoms with Crippen molar-refractivity contribution in [2.75, 3.05) is 13.7 Å². The van der Waals surface area contributed by atoms with Crippen molar-refractivity contribution in [1.82, 2.24) is 15.0 Å². The highest BCUT2D eigenvalue weighted by atomic mass is 19.4. The van der Waals surface area contributed by atoms with Crippen molar-refractivity contribution in [3.63, 3.8) is 0 Å². The number of halogens is 3. The lowest BCUT2D eigenvalue weighted by molar-refractivity contribution is -0.143. The first kappa shape index (κ1) is 12.6. The minimum Gasteiger partial charge on any atom is -0.384 e. The molecule has 5 nitrogen and oxygen atoms in total. The fourth-order valence-corrected chi connectivity index (χ4v) is 1.19. The quantitative estimate of drug-likeness (QED) is 0.712. The molecular weight excluding hydrogens is 227 g/mol. The van der Waals surface area contributed by atoms with Crippen molar-refractivity contribution in [3.05, 3.63) is 11.4 Å². The van der Waals surface area contributed by atoms with Gasteiger partial charge in [-0.1, -0.05) is 5.21 Å². The summed E-state index contributed by atoms with van der Waals surface area (Å²) in [4.78, 5) is 10.5. The molecule has 0 fully saturated rings. The van der Waals surface area contributed by atoms with Crippen LogP contribution in [0.5, 0.6) is 0 Å². The zero-order valence-electron chi connectivity index (χ0n) is 8.49. The molecule has 1 aromatic heterocycles. The van der Waals surface area contributed by atoms with Crippen molar-refractivity contribution in [2.24, 2.45) is 0 Å². The number of carbonyl (C=O) groups is 1. The van der Waals surface area contributed by atoms with E-state index in [1.165, 1.54) is 7.11 Å². The Morgan fingerprint density at radius 1 is 1.50 bits per heavy atom. The third-order valence-corrected chi connectivity index (χ3v) is 1.85. The van der Waals surface area contributed by atoms with Gasteiger partial charge >= 0.3 is 6.18 Å². The molecular formula is C8H10F3N3O2. The molecule has 1 rings (SSSR count). The fraction of sp³-hybridized carbons (Fsp3) is 0.625. The molecule has 0 N–H and O–H groups in total. The second-order valence-electron chi connectivity index (χ2n) is 3.05. The van der Waals surface area contributed by atoms with Crippen LogP contribution in [0.1, 0.15) is 16.2 Å². The zero-order chi connectivity index (χ0) is 12.2. The van der Waals surface area contributed by atoms with E-state index >= 15 is 0 Å². The van der Waals surface area contributed by atoms with Crippen LogP contribution in [-0.2, 0) is 17.7 Å². The molecule has 16 heavy (non-hydrogen) atoms. The number of rotatable bonds is 5. The highest BCUT2D eigenvalue weighted by Crippen LogP contribution is 2.18. The monoisotopic (exact) mass is 237 g/mol. The number of hydrogen-bond acceptors (Lipinski definition) is 4. The second-order valence-corrected chi connectivity index (χ2v) is 3.05. The van der Waals surface area contributed by atoms with Crippen LogP contribution in [0.2, 0.25) is 0 Å². The lowest BCUT2D eigenvalue weighted by Gasteiger charge is -2.09. The normalized spacial score (nSPS) is 11.8. The Morgan fingerprint density at radius 3 is 2.69 bits per heavy atom. The van der Waals surface area contributed by atoms with E-state index in [1.807, 2.05) is 0 Å². The largest absolute Gasteiger partial charge is 0.408 e. The van der Waals surface area contributed by atoms with Gasteiger partial charge in [0.1, 0.15) is 12.2 Å². The number of aromatic nitrogens is 3. The Morgan fingerprint density at radius 2 is 2.19 bits per heavy atom. The summed E-state index contributed by atoms with van der Waals surface area (Å²) in [5.74, 6) is 0. The Kier molecular flexibility index (Phi) is 3.99. The summed E-state index contributed by atoms with van der Waals surface area (Å²) in [6.45, 7) is -1.06. The molecule has 0 unspecified atom stereocenters. The van der Waals surface area contributed by atoms with Gasteiger partial charge < -0.3 is 4.74 Å². The average Bonchev–Trinajstić information content (AvgIpc) is 2.55. The van der Waals surface area contributed by atoms with Gasteiger partial charge in [-0.25, -0.2) is 4.68 Å². The summed E-state index contributed by atoms with van der Waals surface area (Å²) in [6.07, 6.45) is -3.85. The van der Waals surface area contributed by atoms with Crippen LogP contribution in [0.4, 0.5) is 13.2 Å². The lowest BCUT2D eigenvalue weighted by Crippen LogP contribution is -2.21. The minimum absolute atomic E-state index is 0.0821. The summed E-state index contributed by atoms with van der Waals surface area (Å²) in [6, 6.07) is 0. The third-order valence-electron chi connectivity index (χ3n) is 1.85. The van der Waals surface area contributed by atoms with E-state index in [9.17, 15) is 18.0 Å². The van der Waals surface area contributed by atoms with E-state index in [1.54, 1.807) is 0 Å². The lowest BCUT2D eigenvalue weighted by atomic mass is 10.2. The Labute approximate surface area is 89.2 Å². The SMILES string of the molecule is COCCc1c(C=O)nnn1CC(F)(F)F. The first-order valence-corrected chi connectivity index (χ1v) is 4.41. The highest BCUT2D eigenvalue weighted by Gasteiger charge is 2.30.